The number of methoxy groups -OCH3 is 4. The lowest BCUT2D eigenvalue weighted by Crippen LogP contribution is -1.95. The summed E-state index contributed by atoms with van der Waals surface area (Å²) in [4.78, 5) is 1.04. The van der Waals surface area contributed by atoms with Crippen molar-refractivity contribution in [3.63, 3.8) is 0 Å². The molecule has 0 bridgehead atoms. The second kappa shape index (κ2) is 12.4. The Bertz CT molecular complexity index is 954. The zero-order valence-electron chi connectivity index (χ0n) is 18.6. The Balaban J connectivity index is 2.30. The van der Waals surface area contributed by atoms with Gasteiger partial charge in [0.1, 0.15) is 5.75 Å². The number of anilines is 1. The highest BCUT2D eigenvalue weighted by Gasteiger charge is 2.12. The van der Waals surface area contributed by atoms with Crippen LogP contribution in [-0.4, -0.2) is 28.4 Å². The maximum absolute atomic E-state index is 5.50. The Kier molecular flexibility index (Phi) is 9.65. The molecule has 0 unspecified atom stereocenters. The molecule has 0 spiro atoms. The molecule has 31 heavy (non-hydrogen) atoms. The molecule has 0 amide bonds. The van der Waals surface area contributed by atoms with Crippen LogP contribution in [0.3, 0.4) is 0 Å². The van der Waals surface area contributed by atoms with Gasteiger partial charge in [0, 0.05) is 4.91 Å². The fraction of sp³-hybridized carbons (Fsp3) is 0.200. The lowest BCUT2D eigenvalue weighted by molar-refractivity contribution is 0.324. The SMILES string of the molecule is C=C/C=C(\C=C/C)SNc1cc(/C=C\c2cc(OC)c(OC)c(OC)c2)ccc1OC. The van der Waals surface area contributed by atoms with E-state index in [1.54, 1.807) is 34.5 Å². The van der Waals surface area contributed by atoms with E-state index in [2.05, 4.69) is 11.3 Å². The van der Waals surface area contributed by atoms with E-state index in [9.17, 15) is 0 Å². The Hall–Kier alpha value is -3.25. The first-order valence-corrected chi connectivity index (χ1v) is 10.5. The number of nitrogens with one attached hydrogen (secondary N) is 1. The molecule has 1 N–H and O–H groups in total. The first-order valence-electron chi connectivity index (χ1n) is 9.64. The fourth-order valence-electron chi connectivity index (χ4n) is 2.82. The Morgan fingerprint density at radius 3 is 2.06 bits per heavy atom. The van der Waals surface area contributed by atoms with Gasteiger partial charge in [-0.3, -0.25) is 0 Å². The average Bonchev–Trinajstić information content (AvgIpc) is 2.80. The van der Waals surface area contributed by atoms with E-state index in [0.717, 1.165) is 27.5 Å². The summed E-state index contributed by atoms with van der Waals surface area (Å²) < 4.78 is 25.1. The molecule has 0 aliphatic heterocycles. The summed E-state index contributed by atoms with van der Waals surface area (Å²) in [5.41, 5.74) is 2.82. The van der Waals surface area contributed by atoms with Gasteiger partial charge in [0.05, 0.1) is 34.1 Å². The zero-order chi connectivity index (χ0) is 22.6. The first-order chi connectivity index (χ1) is 15.1. The molecule has 0 heterocycles. The van der Waals surface area contributed by atoms with Crippen molar-refractivity contribution < 1.29 is 18.9 Å². The monoisotopic (exact) mass is 439 g/mol. The summed E-state index contributed by atoms with van der Waals surface area (Å²) in [6.07, 6.45) is 11.7. The smallest absolute Gasteiger partial charge is 0.203 e. The van der Waals surface area contributed by atoms with Gasteiger partial charge in [0.25, 0.3) is 0 Å². The van der Waals surface area contributed by atoms with Gasteiger partial charge in [-0.25, -0.2) is 0 Å². The molecule has 0 aromatic heterocycles. The first kappa shape index (κ1) is 24.0. The standard InChI is InChI=1S/C25H29NO4S/c1-7-9-20(10-8-2)31-26-21-15-18(13-14-22(21)27-3)11-12-19-16-23(28-4)25(30-6)24(17-19)29-5/h7-17,26H,1H2,2-6H3/b10-8-,12-11-,20-9+. The highest BCUT2D eigenvalue weighted by molar-refractivity contribution is 8.04. The van der Waals surface area contributed by atoms with E-state index in [0.29, 0.717) is 17.2 Å². The summed E-state index contributed by atoms with van der Waals surface area (Å²) in [5.74, 6) is 2.55. The average molecular weight is 440 g/mol. The fourth-order valence-corrected chi connectivity index (χ4v) is 3.57. The molecule has 0 radical (unpaired) electrons. The maximum atomic E-state index is 5.50. The number of ether oxygens (including phenoxy) is 4. The number of allylic oxidation sites excluding steroid dienone is 4. The van der Waals surface area contributed by atoms with E-state index in [1.165, 1.54) is 11.9 Å². The van der Waals surface area contributed by atoms with E-state index in [1.807, 2.05) is 67.6 Å². The Labute approximate surface area is 189 Å². The van der Waals surface area contributed by atoms with Crippen LogP contribution in [-0.2, 0) is 0 Å². The van der Waals surface area contributed by atoms with Crippen LogP contribution < -0.4 is 23.7 Å². The van der Waals surface area contributed by atoms with Gasteiger partial charge >= 0.3 is 0 Å². The maximum Gasteiger partial charge on any atom is 0.203 e. The van der Waals surface area contributed by atoms with Crippen molar-refractivity contribution >= 4 is 29.8 Å². The third-order valence-electron chi connectivity index (χ3n) is 4.27. The summed E-state index contributed by atoms with van der Waals surface area (Å²) in [5, 5.41) is 0. The number of benzene rings is 2. The molecular weight excluding hydrogens is 410 g/mol. The van der Waals surface area contributed by atoms with Crippen LogP contribution in [0.5, 0.6) is 23.0 Å². The van der Waals surface area contributed by atoms with Gasteiger partial charge in [-0.2, -0.15) is 0 Å². The van der Waals surface area contributed by atoms with Gasteiger partial charge in [0.2, 0.25) is 5.75 Å². The van der Waals surface area contributed by atoms with Gasteiger partial charge < -0.3 is 23.7 Å². The molecule has 0 saturated carbocycles. The van der Waals surface area contributed by atoms with Gasteiger partial charge in [-0.15, -0.1) is 0 Å². The molecule has 2 aromatic rings. The molecule has 2 rings (SSSR count). The lowest BCUT2D eigenvalue weighted by Gasteiger charge is -2.13. The molecule has 6 heteroatoms. The Morgan fingerprint density at radius 1 is 0.871 bits per heavy atom. The minimum absolute atomic E-state index is 0.569. The predicted octanol–water partition coefficient (Wildman–Crippen LogP) is 6.60. The van der Waals surface area contributed by atoms with Gasteiger partial charge in [0.15, 0.2) is 11.5 Å². The van der Waals surface area contributed by atoms with E-state index < -0.39 is 0 Å². The molecule has 0 aliphatic carbocycles. The normalized spacial score (nSPS) is 11.6. The van der Waals surface area contributed by atoms with E-state index in [4.69, 9.17) is 18.9 Å². The minimum Gasteiger partial charge on any atom is -0.495 e. The van der Waals surface area contributed by atoms with Crippen molar-refractivity contribution in [1.82, 2.24) is 0 Å². The highest BCUT2D eigenvalue weighted by atomic mass is 32.2. The third-order valence-corrected chi connectivity index (χ3v) is 5.10. The minimum atomic E-state index is 0.569. The van der Waals surface area contributed by atoms with Crippen LogP contribution in [0.1, 0.15) is 18.1 Å². The number of hydrogen-bond acceptors (Lipinski definition) is 6. The number of hydrogen-bond donors (Lipinski definition) is 1. The van der Waals surface area contributed by atoms with E-state index in [-0.39, 0.29) is 0 Å². The molecule has 0 atom stereocenters. The summed E-state index contributed by atoms with van der Waals surface area (Å²) in [6.45, 7) is 5.74. The molecule has 164 valence electrons. The van der Waals surface area contributed by atoms with E-state index >= 15 is 0 Å². The summed E-state index contributed by atoms with van der Waals surface area (Å²) in [6, 6.07) is 9.76. The topological polar surface area (TPSA) is 49.0 Å². The number of rotatable bonds is 11. The molecule has 0 aliphatic rings. The zero-order valence-corrected chi connectivity index (χ0v) is 19.4. The van der Waals surface area contributed by atoms with Crippen molar-refractivity contribution in [1.29, 1.82) is 0 Å². The van der Waals surface area contributed by atoms with Crippen molar-refractivity contribution in [2.45, 2.75) is 6.92 Å². The Morgan fingerprint density at radius 2 is 1.52 bits per heavy atom. The second-order valence-corrected chi connectivity index (χ2v) is 7.14. The lowest BCUT2D eigenvalue weighted by atomic mass is 10.1. The molecule has 2 aromatic carbocycles. The van der Waals surface area contributed by atoms with Crippen LogP contribution in [0.2, 0.25) is 0 Å². The van der Waals surface area contributed by atoms with Crippen molar-refractivity contribution in [2.24, 2.45) is 0 Å². The van der Waals surface area contributed by atoms with Crippen LogP contribution in [0.25, 0.3) is 12.2 Å². The second-order valence-electron chi connectivity index (χ2n) is 6.26. The third kappa shape index (κ3) is 6.62. The molecule has 5 nitrogen and oxygen atoms in total. The van der Waals surface area contributed by atoms with Crippen LogP contribution in [0.15, 0.2) is 66.1 Å². The highest BCUT2D eigenvalue weighted by Crippen LogP contribution is 2.39. The van der Waals surface area contributed by atoms with Gasteiger partial charge in [-0.1, -0.05) is 43.0 Å². The van der Waals surface area contributed by atoms with Crippen molar-refractivity contribution in [3.05, 3.63) is 77.2 Å². The largest absolute Gasteiger partial charge is 0.495 e. The summed E-state index contributed by atoms with van der Waals surface area (Å²) in [7, 11) is 6.45. The van der Waals surface area contributed by atoms with Crippen LogP contribution in [0, 0.1) is 0 Å². The van der Waals surface area contributed by atoms with Crippen LogP contribution in [0.4, 0.5) is 5.69 Å². The molecule has 0 fully saturated rings. The molecule has 0 saturated heterocycles. The van der Waals surface area contributed by atoms with Crippen molar-refractivity contribution in [2.75, 3.05) is 33.2 Å². The van der Waals surface area contributed by atoms with Crippen molar-refractivity contribution in [3.8, 4) is 23.0 Å². The summed E-state index contributed by atoms with van der Waals surface area (Å²) >= 11 is 1.49. The quantitative estimate of drug-likeness (QED) is 0.242. The molecular formula is C25H29NO4S. The van der Waals surface area contributed by atoms with Crippen LogP contribution >= 0.6 is 11.9 Å². The predicted molar refractivity (Wildman–Crippen MR) is 132 cm³/mol. The van der Waals surface area contributed by atoms with Gasteiger partial charge in [-0.05, 0) is 60.3 Å².